The van der Waals surface area contributed by atoms with Crippen molar-refractivity contribution in [3.8, 4) is 5.75 Å². The highest BCUT2D eigenvalue weighted by molar-refractivity contribution is 5.91. The lowest BCUT2D eigenvalue weighted by Gasteiger charge is -2.14. The number of hydrogen-bond acceptors (Lipinski definition) is 5. The van der Waals surface area contributed by atoms with Gasteiger partial charge in [0.1, 0.15) is 12.3 Å². The molecule has 1 N–H and O–H groups in total. The molecule has 0 aliphatic carbocycles. The second-order valence-corrected chi connectivity index (χ2v) is 6.89. The molecule has 0 fully saturated rings. The molecule has 2 heterocycles. The van der Waals surface area contributed by atoms with Crippen molar-refractivity contribution in [2.24, 2.45) is 0 Å². The van der Waals surface area contributed by atoms with Gasteiger partial charge >= 0.3 is 5.69 Å². The van der Waals surface area contributed by atoms with Crippen LogP contribution in [-0.4, -0.2) is 27.1 Å². The van der Waals surface area contributed by atoms with Crippen LogP contribution in [0.25, 0.3) is 11.0 Å². The van der Waals surface area contributed by atoms with E-state index in [4.69, 9.17) is 4.74 Å². The fourth-order valence-electron chi connectivity index (χ4n) is 3.32. The molecule has 8 nitrogen and oxygen atoms in total. The molecule has 0 bridgehead atoms. The van der Waals surface area contributed by atoms with E-state index in [9.17, 15) is 14.4 Å². The van der Waals surface area contributed by atoms with Crippen molar-refractivity contribution in [2.75, 3.05) is 12.4 Å². The smallest absolute Gasteiger partial charge is 0.332 e. The number of hydrogen-bond donors (Lipinski definition) is 1. The van der Waals surface area contributed by atoms with Gasteiger partial charge in [-0.15, -0.1) is 0 Å². The van der Waals surface area contributed by atoms with Crippen molar-refractivity contribution < 1.29 is 9.53 Å². The molecule has 1 amide bonds. The van der Waals surface area contributed by atoms with Crippen LogP contribution in [-0.2, 0) is 17.9 Å². The van der Waals surface area contributed by atoms with Crippen molar-refractivity contribution in [1.82, 2.24) is 14.1 Å². The lowest BCUT2D eigenvalue weighted by molar-refractivity contribution is -0.116. The summed E-state index contributed by atoms with van der Waals surface area (Å²) in [5.74, 6) is 0.265. The molecule has 2 aromatic carbocycles. The number of anilines is 1. The first-order valence-corrected chi connectivity index (χ1v) is 9.63. The maximum atomic E-state index is 13.2. The predicted octanol–water partition coefficient (Wildman–Crippen LogP) is 2.25. The van der Waals surface area contributed by atoms with Crippen LogP contribution in [0.15, 0.2) is 82.5 Å². The molecule has 0 aliphatic rings. The summed E-state index contributed by atoms with van der Waals surface area (Å²) in [4.78, 5) is 42.9. The predicted molar refractivity (Wildman–Crippen MR) is 117 cm³/mol. The molecule has 2 aromatic heterocycles. The molecule has 0 saturated heterocycles. The fraction of sp³-hybridized carbons (Fsp3) is 0.130. The highest BCUT2D eigenvalue weighted by atomic mass is 16.5. The summed E-state index contributed by atoms with van der Waals surface area (Å²) >= 11 is 0. The van der Waals surface area contributed by atoms with Gasteiger partial charge in [0.2, 0.25) is 5.91 Å². The molecule has 0 radical (unpaired) electrons. The monoisotopic (exact) mass is 416 g/mol. The maximum absolute atomic E-state index is 13.2. The number of ether oxygens (including phenoxy) is 1. The molecular weight excluding hydrogens is 396 g/mol. The van der Waals surface area contributed by atoms with Crippen molar-refractivity contribution in [3.05, 3.63) is 99.3 Å². The number of carbonyl (C=O) groups is 1. The largest absolute Gasteiger partial charge is 0.497 e. The Morgan fingerprint density at radius 2 is 1.71 bits per heavy atom. The molecular formula is C23H20N4O4. The van der Waals surface area contributed by atoms with Gasteiger partial charge in [-0.05, 0) is 42.0 Å². The molecule has 0 atom stereocenters. The van der Waals surface area contributed by atoms with Crippen LogP contribution in [0.5, 0.6) is 5.75 Å². The van der Waals surface area contributed by atoms with Gasteiger partial charge in [-0.25, -0.2) is 9.78 Å². The number of aromatic nitrogens is 3. The SMILES string of the molecule is COc1ccc(NC(=O)Cn2c(=O)n(Cc3ccccc3)c(=O)c3ncccc32)cc1. The number of nitrogens with zero attached hydrogens (tertiary/aromatic N) is 3. The standard InChI is InChI=1S/C23H20N4O4/c1-31-18-11-9-17(10-12-18)25-20(28)15-26-19-8-5-13-24-21(19)22(29)27(23(26)30)14-16-6-3-2-4-7-16/h2-13H,14-15H2,1H3,(H,25,28). The van der Waals surface area contributed by atoms with Crippen molar-refractivity contribution in [3.63, 3.8) is 0 Å². The third-order valence-electron chi connectivity index (χ3n) is 4.85. The van der Waals surface area contributed by atoms with E-state index in [0.29, 0.717) is 17.0 Å². The van der Waals surface area contributed by atoms with Gasteiger partial charge in [0, 0.05) is 11.9 Å². The normalized spacial score (nSPS) is 10.7. The van der Waals surface area contributed by atoms with Gasteiger partial charge in [-0.1, -0.05) is 30.3 Å². The van der Waals surface area contributed by atoms with Crippen LogP contribution in [0.4, 0.5) is 5.69 Å². The minimum absolute atomic E-state index is 0.0884. The van der Waals surface area contributed by atoms with Gasteiger partial charge in [-0.3, -0.25) is 18.7 Å². The summed E-state index contributed by atoms with van der Waals surface area (Å²) < 4.78 is 7.48. The number of nitrogens with one attached hydrogen (secondary N) is 1. The minimum atomic E-state index is -0.570. The Labute approximate surface area is 177 Å². The Morgan fingerprint density at radius 3 is 2.42 bits per heavy atom. The van der Waals surface area contributed by atoms with Gasteiger partial charge in [0.25, 0.3) is 5.56 Å². The Bertz CT molecular complexity index is 1340. The van der Waals surface area contributed by atoms with Gasteiger partial charge in [-0.2, -0.15) is 0 Å². The number of pyridine rings is 1. The molecule has 31 heavy (non-hydrogen) atoms. The maximum Gasteiger partial charge on any atom is 0.332 e. The third kappa shape index (κ3) is 4.23. The van der Waals surface area contributed by atoms with Crippen LogP contribution in [0.1, 0.15) is 5.56 Å². The van der Waals surface area contributed by atoms with E-state index < -0.39 is 17.2 Å². The summed E-state index contributed by atoms with van der Waals surface area (Å²) in [5, 5.41) is 2.76. The van der Waals surface area contributed by atoms with Gasteiger partial charge in [0.15, 0.2) is 5.52 Å². The van der Waals surface area contributed by atoms with E-state index in [0.717, 1.165) is 10.1 Å². The zero-order valence-corrected chi connectivity index (χ0v) is 16.8. The molecule has 156 valence electrons. The summed E-state index contributed by atoms with van der Waals surface area (Å²) in [6, 6.07) is 19.3. The number of methoxy groups -OCH3 is 1. The highest BCUT2D eigenvalue weighted by Gasteiger charge is 2.16. The fourth-order valence-corrected chi connectivity index (χ4v) is 3.32. The summed E-state index contributed by atoms with van der Waals surface area (Å²) in [6.45, 7) is -0.173. The van der Waals surface area contributed by atoms with E-state index >= 15 is 0 Å². The molecule has 8 heteroatoms. The topological polar surface area (TPSA) is 95.2 Å². The Hall–Kier alpha value is -4.20. The summed E-state index contributed by atoms with van der Waals surface area (Å²) in [7, 11) is 1.56. The lowest BCUT2D eigenvalue weighted by Crippen LogP contribution is -2.42. The Kier molecular flexibility index (Phi) is 5.61. The highest BCUT2D eigenvalue weighted by Crippen LogP contribution is 2.15. The molecule has 4 rings (SSSR count). The van der Waals surface area contributed by atoms with E-state index in [2.05, 4.69) is 10.3 Å². The lowest BCUT2D eigenvalue weighted by atomic mass is 10.2. The first-order valence-electron chi connectivity index (χ1n) is 9.63. The van der Waals surface area contributed by atoms with Crippen molar-refractivity contribution in [2.45, 2.75) is 13.1 Å². The second-order valence-electron chi connectivity index (χ2n) is 6.89. The Morgan fingerprint density at radius 1 is 0.968 bits per heavy atom. The minimum Gasteiger partial charge on any atom is -0.497 e. The van der Waals surface area contributed by atoms with Crippen LogP contribution < -0.4 is 21.3 Å². The second kappa shape index (κ2) is 8.66. The van der Waals surface area contributed by atoms with Crippen LogP contribution in [0, 0.1) is 0 Å². The van der Waals surface area contributed by atoms with E-state index in [-0.39, 0.29) is 18.6 Å². The number of carbonyl (C=O) groups excluding carboxylic acids is 1. The first-order chi connectivity index (χ1) is 15.1. The molecule has 0 unspecified atom stereocenters. The number of amides is 1. The average molecular weight is 416 g/mol. The zero-order valence-electron chi connectivity index (χ0n) is 16.8. The number of fused-ring (bicyclic) bond motifs is 1. The number of benzene rings is 2. The van der Waals surface area contributed by atoms with E-state index in [1.54, 1.807) is 43.5 Å². The van der Waals surface area contributed by atoms with Crippen molar-refractivity contribution >= 4 is 22.6 Å². The number of rotatable bonds is 6. The van der Waals surface area contributed by atoms with Crippen molar-refractivity contribution in [1.29, 1.82) is 0 Å². The molecule has 0 saturated carbocycles. The molecule has 0 aliphatic heterocycles. The van der Waals surface area contributed by atoms with Crippen LogP contribution >= 0.6 is 0 Å². The average Bonchev–Trinajstić information content (AvgIpc) is 2.80. The van der Waals surface area contributed by atoms with Crippen LogP contribution in [0.3, 0.4) is 0 Å². The van der Waals surface area contributed by atoms with Gasteiger partial charge in [0.05, 0.1) is 19.2 Å². The van der Waals surface area contributed by atoms with E-state index in [1.165, 1.54) is 10.8 Å². The Balaban J connectivity index is 1.71. The zero-order chi connectivity index (χ0) is 21.8. The summed E-state index contributed by atoms with van der Waals surface area (Å²) in [6.07, 6.45) is 1.49. The summed E-state index contributed by atoms with van der Waals surface area (Å²) in [5.41, 5.74) is 0.752. The van der Waals surface area contributed by atoms with Crippen LogP contribution in [0.2, 0.25) is 0 Å². The van der Waals surface area contributed by atoms with E-state index in [1.807, 2.05) is 30.3 Å². The molecule has 0 spiro atoms. The first kappa shape index (κ1) is 20.1. The third-order valence-corrected chi connectivity index (χ3v) is 4.85. The van der Waals surface area contributed by atoms with Gasteiger partial charge < -0.3 is 10.1 Å². The molecule has 4 aromatic rings. The quantitative estimate of drug-likeness (QED) is 0.520.